The number of hydrogen-bond donors (Lipinski definition) is 1. The van der Waals surface area contributed by atoms with Crippen LogP contribution in [0, 0.1) is 18.3 Å². The summed E-state index contributed by atoms with van der Waals surface area (Å²) in [6.07, 6.45) is 4.88. The van der Waals surface area contributed by atoms with Crippen molar-refractivity contribution in [2.45, 2.75) is 65.9 Å². The monoisotopic (exact) mass is 262 g/mol. The molecule has 0 saturated heterocycles. The smallest absolute Gasteiger partial charge is 0.132 e. The molecule has 0 amide bonds. The quantitative estimate of drug-likeness (QED) is 0.885. The molecule has 19 heavy (non-hydrogen) atoms. The van der Waals surface area contributed by atoms with E-state index in [1.54, 1.807) is 0 Å². The summed E-state index contributed by atoms with van der Waals surface area (Å²) in [5.74, 6) is 2.23. The van der Waals surface area contributed by atoms with Crippen LogP contribution >= 0.6 is 0 Å². The molecule has 3 heteroatoms. The van der Waals surface area contributed by atoms with Crippen molar-refractivity contribution >= 4 is 0 Å². The minimum atomic E-state index is 0.00764. The first-order chi connectivity index (χ1) is 8.90. The molecule has 0 aliphatic heterocycles. The molecule has 1 heterocycles. The molecule has 0 spiro atoms. The van der Waals surface area contributed by atoms with E-state index in [2.05, 4.69) is 30.7 Å². The highest BCUT2D eigenvalue weighted by molar-refractivity contribution is 5.12. The molecule has 1 aliphatic rings. The van der Waals surface area contributed by atoms with Crippen molar-refractivity contribution in [1.82, 2.24) is 9.97 Å². The molecule has 1 aromatic rings. The van der Waals surface area contributed by atoms with Crippen LogP contribution in [0.25, 0.3) is 0 Å². The fraction of sp³-hybridized carbons (Fsp3) is 0.750. The summed E-state index contributed by atoms with van der Waals surface area (Å²) in [6.45, 7) is 9.00. The molecule has 0 bridgehead atoms. The zero-order valence-electron chi connectivity index (χ0n) is 12.6. The van der Waals surface area contributed by atoms with E-state index in [1.807, 2.05) is 13.0 Å². The van der Waals surface area contributed by atoms with Crippen molar-refractivity contribution in [3.05, 3.63) is 23.3 Å². The molecule has 0 aromatic carbocycles. The van der Waals surface area contributed by atoms with Gasteiger partial charge in [0, 0.05) is 11.6 Å². The van der Waals surface area contributed by atoms with Crippen LogP contribution in [0.2, 0.25) is 0 Å². The summed E-state index contributed by atoms with van der Waals surface area (Å²) in [5, 5.41) is 9.24. The summed E-state index contributed by atoms with van der Waals surface area (Å²) in [6, 6.07) is 1.87. The van der Waals surface area contributed by atoms with Crippen molar-refractivity contribution < 1.29 is 5.11 Å². The minimum Gasteiger partial charge on any atom is -0.390 e. The third-order valence-electron chi connectivity index (χ3n) is 4.40. The Morgan fingerprint density at radius 3 is 2.32 bits per heavy atom. The molecule has 106 valence electrons. The highest BCUT2D eigenvalue weighted by atomic mass is 16.3. The number of hydrogen-bond acceptors (Lipinski definition) is 3. The van der Waals surface area contributed by atoms with Gasteiger partial charge in [-0.15, -0.1) is 0 Å². The zero-order chi connectivity index (χ0) is 14.0. The number of rotatable bonds is 2. The number of aromatic nitrogens is 2. The highest BCUT2D eigenvalue weighted by Crippen LogP contribution is 2.42. The van der Waals surface area contributed by atoms with Gasteiger partial charge in [0.15, 0.2) is 0 Å². The second-order valence-electron chi connectivity index (χ2n) is 6.93. The van der Waals surface area contributed by atoms with E-state index in [0.29, 0.717) is 11.3 Å². The molecule has 1 aromatic heterocycles. The van der Waals surface area contributed by atoms with Gasteiger partial charge in [0.05, 0.1) is 12.3 Å². The van der Waals surface area contributed by atoms with Crippen molar-refractivity contribution in [3.63, 3.8) is 0 Å². The second kappa shape index (κ2) is 5.58. The molecular formula is C16H26N2O. The van der Waals surface area contributed by atoms with Gasteiger partial charge in [0.1, 0.15) is 5.82 Å². The summed E-state index contributed by atoms with van der Waals surface area (Å²) in [5.41, 5.74) is 2.13. The Bertz CT molecular complexity index is 429. The summed E-state index contributed by atoms with van der Waals surface area (Å²) >= 11 is 0. The largest absolute Gasteiger partial charge is 0.390 e. The van der Waals surface area contributed by atoms with Crippen LogP contribution in [0.4, 0.5) is 0 Å². The van der Waals surface area contributed by atoms with Gasteiger partial charge in [-0.05, 0) is 50.0 Å². The normalized spacial score (nSPS) is 24.5. The first kappa shape index (κ1) is 14.4. The van der Waals surface area contributed by atoms with Crippen LogP contribution in [-0.4, -0.2) is 15.1 Å². The number of nitrogens with zero attached hydrogens (tertiary/aromatic N) is 2. The summed E-state index contributed by atoms with van der Waals surface area (Å²) in [7, 11) is 0. The Kier molecular flexibility index (Phi) is 4.24. The average molecular weight is 262 g/mol. The third-order valence-corrected chi connectivity index (χ3v) is 4.40. The molecule has 1 N–H and O–H groups in total. The lowest BCUT2D eigenvalue weighted by Crippen LogP contribution is -2.26. The van der Waals surface area contributed by atoms with Gasteiger partial charge in [0.25, 0.3) is 0 Å². The molecule has 3 nitrogen and oxygen atoms in total. The first-order valence-electron chi connectivity index (χ1n) is 7.35. The van der Waals surface area contributed by atoms with Crippen LogP contribution < -0.4 is 0 Å². The van der Waals surface area contributed by atoms with Crippen LogP contribution in [-0.2, 0) is 6.61 Å². The molecule has 1 fully saturated rings. The van der Waals surface area contributed by atoms with E-state index in [1.165, 1.54) is 25.7 Å². The summed E-state index contributed by atoms with van der Waals surface area (Å²) < 4.78 is 0. The SMILES string of the molecule is Cc1cc(CO)nc(C2CCC(C(C)(C)C)CC2)n1. The number of aryl methyl sites for hydroxylation is 1. The lowest BCUT2D eigenvalue weighted by atomic mass is 9.69. The van der Waals surface area contributed by atoms with E-state index < -0.39 is 0 Å². The van der Waals surface area contributed by atoms with Gasteiger partial charge in [-0.1, -0.05) is 20.8 Å². The number of aliphatic hydroxyl groups is 1. The van der Waals surface area contributed by atoms with Gasteiger partial charge in [-0.2, -0.15) is 0 Å². The lowest BCUT2D eigenvalue weighted by Gasteiger charge is -2.36. The van der Waals surface area contributed by atoms with E-state index in [0.717, 1.165) is 23.1 Å². The molecule has 2 rings (SSSR count). The molecule has 1 saturated carbocycles. The topological polar surface area (TPSA) is 46.0 Å². The fourth-order valence-electron chi connectivity index (χ4n) is 3.14. The third kappa shape index (κ3) is 3.53. The Labute approximate surface area is 116 Å². The minimum absolute atomic E-state index is 0.00764. The van der Waals surface area contributed by atoms with Gasteiger partial charge in [-0.25, -0.2) is 9.97 Å². The van der Waals surface area contributed by atoms with Gasteiger partial charge in [-0.3, -0.25) is 0 Å². The lowest BCUT2D eigenvalue weighted by molar-refractivity contribution is 0.167. The Morgan fingerprint density at radius 2 is 1.79 bits per heavy atom. The summed E-state index contributed by atoms with van der Waals surface area (Å²) in [4.78, 5) is 9.07. The number of aliphatic hydroxyl groups excluding tert-OH is 1. The van der Waals surface area contributed by atoms with Crippen LogP contribution in [0.1, 0.15) is 69.6 Å². The fourth-order valence-corrected chi connectivity index (χ4v) is 3.14. The van der Waals surface area contributed by atoms with E-state index in [9.17, 15) is 5.11 Å². The van der Waals surface area contributed by atoms with Crippen molar-refractivity contribution in [2.24, 2.45) is 11.3 Å². The van der Waals surface area contributed by atoms with Crippen LogP contribution in [0.15, 0.2) is 6.07 Å². The van der Waals surface area contributed by atoms with Crippen molar-refractivity contribution in [2.75, 3.05) is 0 Å². The standard InChI is InChI=1S/C16H26N2O/c1-11-9-14(10-19)18-15(17-11)12-5-7-13(8-6-12)16(2,3)4/h9,12-13,19H,5-8,10H2,1-4H3. The molecular weight excluding hydrogens is 236 g/mol. The van der Waals surface area contributed by atoms with Crippen molar-refractivity contribution in [3.8, 4) is 0 Å². The molecule has 1 aliphatic carbocycles. The molecule has 0 radical (unpaired) electrons. The second-order valence-corrected chi connectivity index (χ2v) is 6.93. The Morgan fingerprint density at radius 1 is 1.16 bits per heavy atom. The van der Waals surface area contributed by atoms with Crippen LogP contribution in [0.5, 0.6) is 0 Å². The maximum absolute atomic E-state index is 9.24. The Balaban J connectivity index is 2.07. The van der Waals surface area contributed by atoms with Gasteiger partial charge < -0.3 is 5.11 Å². The van der Waals surface area contributed by atoms with Gasteiger partial charge in [0.2, 0.25) is 0 Å². The van der Waals surface area contributed by atoms with E-state index >= 15 is 0 Å². The zero-order valence-corrected chi connectivity index (χ0v) is 12.6. The predicted molar refractivity (Wildman–Crippen MR) is 76.8 cm³/mol. The average Bonchev–Trinajstić information content (AvgIpc) is 2.37. The van der Waals surface area contributed by atoms with Crippen molar-refractivity contribution in [1.29, 1.82) is 0 Å². The molecule has 0 atom stereocenters. The highest BCUT2D eigenvalue weighted by Gasteiger charge is 2.31. The first-order valence-corrected chi connectivity index (χ1v) is 7.35. The van der Waals surface area contributed by atoms with E-state index in [-0.39, 0.29) is 6.61 Å². The predicted octanol–water partition coefficient (Wildman–Crippen LogP) is 3.60. The van der Waals surface area contributed by atoms with E-state index in [4.69, 9.17) is 0 Å². The maximum Gasteiger partial charge on any atom is 0.132 e. The van der Waals surface area contributed by atoms with Crippen LogP contribution in [0.3, 0.4) is 0 Å². The molecule has 0 unspecified atom stereocenters. The maximum atomic E-state index is 9.24. The van der Waals surface area contributed by atoms with Gasteiger partial charge >= 0.3 is 0 Å². The Hall–Kier alpha value is -0.960.